The molecule has 0 bridgehead atoms. The third-order valence-corrected chi connectivity index (χ3v) is 4.07. The van der Waals surface area contributed by atoms with E-state index in [1.165, 1.54) is 5.56 Å². The minimum atomic E-state index is 0.647. The van der Waals surface area contributed by atoms with Gasteiger partial charge in [-0.3, -0.25) is 0 Å². The average Bonchev–Trinajstić information content (AvgIpc) is 2.18. The van der Waals surface area contributed by atoms with Crippen LogP contribution in [0.5, 0.6) is 0 Å². The molecule has 1 aromatic rings. The molecule has 1 aromatic carbocycles. The van der Waals surface area contributed by atoms with Gasteiger partial charge in [0.25, 0.3) is 0 Å². The van der Waals surface area contributed by atoms with Gasteiger partial charge in [0, 0.05) is 11.1 Å². The summed E-state index contributed by atoms with van der Waals surface area (Å²) >= 11 is 6.02. The summed E-state index contributed by atoms with van der Waals surface area (Å²) in [7, 11) is 2.05. The molecule has 0 amide bonds. The average molecular weight is 224 g/mol. The first-order valence-corrected chi connectivity index (χ1v) is 5.95. The van der Waals surface area contributed by atoms with Gasteiger partial charge in [-0.05, 0) is 42.5 Å². The Labute approximate surface area is 96.8 Å². The van der Waals surface area contributed by atoms with E-state index in [4.69, 9.17) is 11.6 Å². The van der Waals surface area contributed by atoms with Crippen molar-refractivity contribution in [2.75, 3.05) is 7.05 Å². The summed E-state index contributed by atoms with van der Waals surface area (Å²) in [5.41, 5.74) is 1.38. The largest absolute Gasteiger partial charge is 0.316 e. The lowest BCUT2D eigenvalue weighted by molar-refractivity contribution is 0.103. The van der Waals surface area contributed by atoms with E-state index in [1.807, 2.05) is 19.2 Å². The standard InChI is InChI=1S/C13H18ClN/c1-8-12(9(2)13(8)15-3)10-5-4-6-11(14)7-10/h4-9,12-13,15H,1-3H3. The maximum Gasteiger partial charge on any atom is 0.0408 e. The van der Waals surface area contributed by atoms with Crippen molar-refractivity contribution in [1.29, 1.82) is 0 Å². The van der Waals surface area contributed by atoms with E-state index in [-0.39, 0.29) is 0 Å². The van der Waals surface area contributed by atoms with Crippen molar-refractivity contribution >= 4 is 11.6 Å². The molecule has 0 radical (unpaired) electrons. The second kappa shape index (κ2) is 4.15. The van der Waals surface area contributed by atoms with Crippen molar-refractivity contribution in [2.45, 2.75) is 25.8 Å². The van der Waals surface area contributed by atoms with Crippen LogP contribution in [0.2, 0.25) is 5.02 Å². The van der Waals surface area contributed by atoms with Crippen molar-refractivity contribution in [3.05, 3.63) is 34.9 Å². The van der Waals surface area contributed by atoms with Crippen LogP contribution in [-0.2, 0) is 0 Å². The smallest absolute Gasteiger partial charge is 0.0408 e. The van der Waals surface area contributed by atoms with E-state index in [1.54, 1.807) is 0 Å². The van der Waals surface area contributed by atoms with Crippen molar-refractivity contribution in [2.24, 2.45) is 11.8 Å². The molecule has 0 saturated heterocycles. The molecule has 1 fully saturated rings. The third kappa shape index (κ3) is 1.79. The molecule has 0 heterocycles. The van der Waals surface area contributed by atoms with Crippen LogP contribution >= 0.6 is 11.6 Å². The summed E-state index contributed by atoms with van der Waals surface area (Å²) in [5, 5.41) is 4.23. The van der Waals surface area contributed by atoms with E-state index in [0.717, 1.165) is 5.02 Å². The highest BCUT2D eigenvalue weighted by Gasteiger charge is 2.44. The fourth-order valence-electron chi connectivity index (χ4n) is 3.11. The molecule has 2 atom stereocenters. The Morgan fingerprint density at radius 3 is 2.40 bits per heavy atom. The quantitative estimate of drug-likeness (QED) is 0.812. The molecule has 82 valence electrons. The molecular weight excluding hydrogens is 206 g/mol. The Balaban J connectivity index is 2.20. The van der Waals surface area contributed by atoms with Crippen LogP contribution in [0, 0.1) is 11.8 Å². The number of hydrogen-bond acceptors (Lipinski definition) is 1. The monoisotopic (exact) mass is 223 g/mol. The molecular formula is C13H18ClN. The summed E-state index contributed by atoms with van der Waals surface area (Å²) < 4.78 is 0. The lowest BCUT2D eigenvalue weighted by Crippen LogP contribution is -2.53. The summed E-state index contributed by atoms with van der Waals surface area (Å²) in [6, 6.07) is 8.92. The minimum Gasteiger partial charge on any atom is -0.316 e. The van der Waals surface area contributed by atoms with Crippen LogP contribution < -0.4 is 5.32 Å². The first-order chi connectivity index (χ1) is 7.15. The van der Waals surface area contributed by atoms with Gasteiger partial charge in [0.15, 0.2) is 0 Å². The van der Waals surface area contributed by atoms with Crippen LogP contribution in [0.4, 0.5) is 0 Å². The van der Waals surface area contributed by atoms with Gasteiger partial charge in [0.05, 0.1) is 0 Å². The lowest BCUT2D eigenvalue weighted by atomic mass is 9.60. The molecule has 2 unspecified atom stereocenters. The molecule has 1 aliphatic carbocycles. The van der Waals surface area contributed by atoms with E-state index in [0.29, 0.717) is 23.8 Å². The molecule has 1 aliphatic rings. The van der Waals surface area contributed by atoms with Crippen LogP contribution in [-0.4, -0.2) is 13.1 Å². The highest BCUT2D eigenvalue weighted by atomic mass is 35.5. The van der Waals surface area contributed by atoms with Gasteiger partial charge < -0.3 is 5.32 Å². The second-order valence-electron chi connectivity index (χ2n) is 4.61. The molecule has 2 rings (SSSR count). The van der Waals surface area contributed by atoms with Gasteiger partial charge in [-0.1, -0.05) is 37.6 Å². The zero-order valence-electron chi connectivity index (χ0n) is 9.50. The molecule has 0 aromatic heterocycles. The van der Waals surface area contributed by atoms with Crippen LogP contribution in [0.25, 0.3) is 0 Å². The van der Waals surface area contributed by atoms with Crippen LogP contribution in [0.3, 0.4) is 0 Å². The summed E-state index contributed by atoms with van der Waals surface area (Å²) in [5.74, 6) is 2.05. The van der Waals surface area contributed by atoms with Crippen LogP contribution in [0.15, 0.2) is 24.3 Å². The normalized spacial score (nSPS) is 34.9. The topological polar surface area (TPSA) is 12.0 Å². The lowest BCUT2D eigenvalue weighted by Gasteiger charge is -2.49. The van der Waals surface area contributed by atoms with Gasteiger partial charge in [-0.2, -0.15) is 0 Å². The molecule has 0 aliphatic heterocycles. The Morgan fingerprint density at radius 1 is 1.20 bits per heavy atom. The van der Waals surface area contributed by atoms with Gasteiger partial charge in [0.1, 0.15) is 0 Å². The molecule has 1 N–H and O–H groups in total. The Kier molecular flexibility index (Phi) is 3.03. The predicted octanol–water partition coefficient (Wildman–Crippen LogP) is 3.30. The molecule has 1 saturated carbocycles. The highest BCUT2D eigenvalue weighted by molar-refractivity contribution is 6.30. The maximum atomic E-state index is 6.02. The maximum absolute atomic E-state index is 6.02. The Bertz CT molecular complexity index is 340. The molecule has 2 heteroatoms. The van der Waals surface area contributed by atoms with Gasteiger partial charge >= 0.3 is 0 Å². The van der Waals surface area contributed by atoms with E-state index in [2.05, 4.69) is 31.3 Å². The number of hydrogen-bond donors (Lipinski definition) is 1. The Morgan fingerprint density at radius 2 is 1.87 bits per heavy atom. The zero-order valence-corrected chi connectivity index (χ0v) is 10.3. The van der Waals surface area contributed by atoms with E-state index in [9.17, 15) is 0 Å². The fourth-order valence-corrected chi connectivity index (χ4v) is 3.30. The summed E-state index contributed by atoms with van der Waals surface area (Å²) in [6.07, 6.45) is 0. The summed E-state index contributed by atoms with van der Waals surface area (Å²) in [6.45, 7) is 4.62. The molecule has 15 heavy (non-hydrogen) atoms. The summed E-state index contributed by atoms with van der Waals surface area (Å²) in [4.78, 5) is 0. The third-order valence-electron chi connectivity index (χ3n) is 3.83. The molecule has 0 spiro atoms. The number of benzene rings is 1. The van der Waals surface area contributed by atoms with Crippen molar-refractivity contribution in [3.8, 4) is 0 Å². The molecule has 1 nitrogen and oxygen atoms in total. The Hall–Kier alpha value is -0.530. The highest BCUT2D eigenvalue weighted by Crippen LogP contribution is 2.47. The first kappa shape index (κ1) is 11.0. The number of nitrogens with one attached hydrogen (secondary N) is 1. The zero-order chi connectivity index (χ0) is 11.0. The minimum absolute atomic E-state index is 0.647. The fraction of sp³-hybridized carbons (Fsp3) is 0.538. The first-order valence-electron chi connectivity index (χ1n) is 5.58. The number of halogens is 1. The van der Waals surface area contributed by atoms with Gasteiger partial charge in [0.2, 0.25) is 0 Å². The number of rotatable bonds is 2. The van der Waals surface area contributed by atoms with Gasteiger partial charge in [-0.15, -0.1) is 0 Å². The van der Waals surface area contributed by atoms with Crippen molar-refractivity contribution in [3.63, 3.8) is 0 Å². The van der Waals surface area contributed by atoms with Gasteiger partial charge in [-0.25, -0.2) is 0 Å². The van der Waals surface area contributed by atoms with E-state index < -0.39 is 0 Å². The van der Waals surface area contributed by atoms with E-state index >= 15 is 0 Å². The van der Waals surface area contributed by atoms with Crippen molar-refractivity contribution in [1.82, 2.24) is 5.32 Å². The SMILES string of the molecule is CNC1C(C)C(c2cccc(Cl)c2)C1C. The van der Waals surface area contributed by atoms with Crippen LogP contribution in [0.1, 0.15) is 25.3 Å². The second-order valence-corrected chi connectivity index (χ2v) is 5.05. The predicted molar refractivity (Wildman–Crippen MR) is 65.4 cm³/mol. The van der Waals surface area contributed by atoms with Crippen molar-refractivity contribution < 1.29 is 0 Å².